The summed E-state index contributed by atoms with van der Waals surface area (Å²) < 4.78 is 0. The Labute approximate surface area is 140 Å². The molecular formula is C18H16N6. The average Bonchev–Trinajstić information content (AvgIpc) is 2.55. The fourth-order valence-electron chi connectivity index (χ4n) is 2.42. The van der Waals surface area contributed by atoms with Crippen LogP contribution in [0.25, 0.3) is 0 Å². The number of hydrogen-bond donors (Lipinski definition) is 2. The van der Waals surface area contributed by atoms with Crippen LogP contribution in [0.15, 0.2) is 48.7 Å². The van der Waals surface area contributed by atoms with Crippen LogP contribution in [0.3, 0.4) is 0 Å². The Kier molecular flexibility index (Phi) is 4.34. The normalized spacial score (nSPS) is 10.0. The summed E-state index contributed by atoms with van der Waals surface area (Å²) in [4.78, 5) is 4.39. The second-order valence-corrected chi connectivity index (χ2v) is 5.45. The Morgan fingerprint density at radius 1 is 1.00 bits per heavy atom. The summed E-state index contributed by atoms with van der Waals surface area (Å²) in [7, 11) is 0. The molecule has 0 bridgehead atoms. The zero-order chi connectivity index (χ0) is 16.9. The molecule has 0 fully saturated rings. The van der Waals surface area contributed by atoms with Gasteiger partial charge < -0.3 is 10.6 Å². The van der Waals surface area contributed by atoms with E-state index in [-0.39, 0.29) is 0 Å². The first-order valence-corrected chi connectivity index (χ1v) is 7.45. The minimum atomic E-state index is 0.388. The summed E-state index contributed by atoms with van der Waals surface area (Å²) in [5.41, 5.74) is 4.44. The van der Waals surface area contributed by atoms with E-state index in [9.17, 15) is 0 Å². The summed E-state index contributed by atoms with van der Waals surface area (Å²) in [6.45, 7) is 4.07. The third-order valence-corrected chi connectivity index (χ3v) is 3.35. The number of anilines is 4. The smallest absolute Gasteiger partial charge is 0.249 e. The number of aryl methyl sites for hydroxylation is 2. The molecule has 0 saturated heterocycles. The molecule has 2 N–H and O–H groups in total. The molecule has 1 heterocycles. The minimum Gasteiger partial charge on any atom is -0.338 e. The molecule has 0 radical (unpaired) electrons. The molecule has 3 rings (SSSR count). The van der Waals surface area contributed by atoms with Crippen LogP contribution in [-0.4, -0.2) is 15.2 Å². The van der Waals surface area contributed by atoms with Crippen LogP contribution in [0.1, 0.15) is 16.7 Å². The lowest BCUT2D eigenvalue weighted by Gasteiger charge is -2.09. The Balaban J connectivity index is 1.83. The standard InChI is InChI=1S/C18H16N6/c1-12-7-13(2)9-15(8-12)21-18-23-17(11-20-24-18)22-16-6-4-3-5-14(16)10-19/h3-9,11H,1-2H3,(H2,21,22,23,24). The van der Waals surface area contributed by atoms with Crippen molar-refractivity contribution in [3.05, 3.63) is 65.4 Å². The molecule has 3 aromatic rings. The van der Waals surface area contributed by atoms with Gasteiger partial charge in [-0.05, 0) is 49.2 Å². The summed E-state index contributed by atoms with van der Waals surface area (Å²) in [6.07, 6.45) is 1.51. The first-order chi connectivity index (χ1) is 11.6. The van der Waals surface area contributed by atoms with E-state index in [0.29, 0.717) is 23.0 Å². The lowest BCUT2D eigenvalue weighted by molar-refractivity contribution is 0.982. The monoisotopic (exact) mass is 316 g/mol. The van der Waals surface area contributed by atoms with Crippen LogP contribution in [0.4, 0.5) is 23.1 Å². The van der Waals surface area contributed by atoms with Crippen LogP contribution >= 0.6 is 0 Å². The van der Waals surface area contributed by atoms with E-state index in [1.54, 1.807) is 6.07 Å². The Hall–Kier alpha value is -3.46. The molecule has 6 heteroatoms. The molecule has 118 valence electrons. The molecule has 0 aliphatic rings. The summed E-state index contributed by atoms with van der Waals surface area (Å²) in [5, 5.41) is 23.4. The third-order valence-electron chi connectivity index (χ3n) is 3.35. The first kappa shape index (κ1) is 15.4. The molecule has 0 aliphatic heterocycles. The Morgan fingerprint density at radius 2 is 1.75 bits per heavy atom. The van der Waals surface area contributed by atoms with Gasteiger partial charge in [-0.1, -0.05) is 18.2 Å². The first-order valence-electron chi connectivity index (χ1n) is 7.45. The molecule has 0 aliphatic carbocycles. The van der Waals surface area contributed by atoms with E-state index < -0.39 is 0 Å². The summed E-state index contributed by atoms with van der Waals surface area (Å²) >= 11 is 0. The minimum absolute atomic E-state index is 0.388. The van der Waals surface area contributed by atoms with Gasteiger partial charge in [0.15, 0.2) is 5.82 Å². The molecule has 0 amide bonds. The second kappa shape index (κ2) is 6.75. The van der Waals surface area contributed by atoms with E-state index in [2.05, 4.69) is 38.0 Å². The summed E-state index contributed by atoms with van der Waals surface area (Å²) in [6, 6.07) is 15.5. The van der Waals surface area contributed by atoms with Crippen molar-refractivity contribution in [2.24, 2.45) is 0 Å². The number of para-hydroxylation sites is 1. The van der Waals surface area contributed by atoms with Gasteiger partial charge in [-0.3, -0.25) is 0 Å². The van der Waals surface area contributed by atoms with Crippen molar-refractivity contribution in [3.63, 3.8) is 0 Å². The van der Waals surface area contributed by atoms with Gasteiger partial charge in [0, 0.05) is 5.69 Å². The van der Waals surface area contributed by atoms with E-state index in [1.807, 2.05) is 44.2 Å². The largest absolute Gasteiger partial charge is 0.338 e. The number of rotatable bonds is 4. The molecule has 6 nitrogen and oxygen atoms in total. The quantitative estimate of drug-likeness (QED) is 0.760. The molecule has 0 saturated carbocycles. The predicted octanol–water partition coefficient (Wildman–Crippen LogP) is 3.85. The van der Waals surface area contributed by atoms with Gasteiger partial charge in [0.05, 0.1) is 17.4 Å². The zero-order valence-electron chi connectivity index (χ0n) is 13.4. The van der Waals surface area contributed by atoms with Crippen LogP contribution in [0.5, 0.6) is 0 Å². The average molecular weight is 316 g/mol. The van der Waals surface area contributed by atoms with E-state index in [0.717, 1.165) is 16.8 Å². The molecular weight excluding hydrogens is 300 g/mol. The Bertz CT molecular complexity index is 893. The number of aromatic nitrogens is 3. The van der Waals surface area contributed by atoms with Crippen molar-refractivity contribution in [1.29, 1.82) is 5.26 Å². The maximum atomic E-state index is 9.15. The summed E-state index contributed by atoms with van der Waals surface area (Å²) in [5.74, 6) is 0.902. The number of benzene rings is 2. The fraction of sp³-hybridized carbons (Fsp3) is 0.111. The second-order valence-electron chi connectivity index (χ2n) is 5.45. The van der Waals surface area contributed by atoms with Crippen molar-refractivity contribution in [2.75, 3.05) is 10.6 Å². The molecule has 2 aromatic carbocycles. The predicted molar refractivity (Wildman–Crippen MR) is 93.5 cm³/mol. The van der Waals surface area contributed by atoms with Crippen molar-refractivity contribution >= 4 is 23.1 Å². The number of nitriles is 1. The van der Waals surface area contributed by atoms with Crippen LogP contribution in [0.2, 0.25) is 0 Å². The maximum Gasteiger partial charge on any atom is 0.249 e. The molecule has 0 atom stereocenters. The van der Waals surface area contributed by atoms with Gasteiger partial charge >= 0.3 is 0 Å². The molecule has 24 heavy (non-hydrogen) atoms. The highest BCUT2D eigenvalue weighted by atomic mass is 15.3. The highest BCUT2D eigenvalue weighted by Crippen LogP contribution is 2.20. The maximum absolute atomic E-state index is 9.15. The van der Waals surface area contributed by atoms with E-state index in [4.69, 9.17) is 5.26 Å². The van der Waals surface area contributed by atoms with Gasteiger partial charge in [0.2, 0.25) is 5.95 Å². The van der Waals surface area contributed by atoms with Crippen molar-refractivity contribution in [1.82, 2.24) is 15.2 Å². The van der Waals surface area contributed by atoms with Crippen LogP contribution in [0, 0.1) is 25.2 Å². The molecule has 0 spiro atoms. The van der Waals surface area contributed by atoms with Gasteiger partial charge in [-0.15, -0.1) is 5.10 Å². The lowest BCUT2D eigenvalue weighted by Crippen LogP contribution is -2.03. The highest BCUT2D eigenvalue weighted by molar-refractivity contribution is 5.65. The van der Waals surface area contributed by atoms with Gasteiger partial charge in [0.25, 0.3) is 0 Å². The third kappa shape index (κ3) is 3.65. The fourth-order valence-corrected chi connectivity index (χ4v) is 2.42. The van der Waals surface area contributed by atoms with Crippen LogP contribution < -0.4 is 10.6 Å². The van der Waals surface area contributed by atoms with Crippen LogP contribution in [-0.2, 0) is 0 Å². The molecule has 1 aromatic heterocycles. The lowest BCUT2D eigenvalue weighted by atomic mass is 10.1. The SMILES string of the molecule is Cc1cc(C)cc(Nc2nncc(Nc3ccccc3C#N)n2)c1. The van der Waals surface area contributed by atoms with Gasteiger partial charge in [-0.2, -0.15) is 15.3 Å². The number of nitrogens with zero attached hydrogens (tertiary/aromatic N) is 4. The Morgan fingerprint density at radius 3 is 2.50 bits per heavy atom. The molecule has 0 unspecified atom stereocenters. The van der Waals surface area contributed by atoms with Crippen molar-refractivity contribution in [3.8, 4) is 6.07 Å². The number of nitrogens with one attached hydrogen (secondary N) is 2. The van der Waals surface area contributed by atoms with Gasteiger partial charge in [-0.25, -0.2) is 0 Å². The zero-order valence-corrected chi connectivity index (χ0v) is 13.4. The highest BCUT2D eigenvalue weighted by Gasteiger charge is 2.05. The van der Waals surface area contributed by atoms with Crippen molar-refractivity contribution in [2.45, 2.75) is 13.8 Å². The van der Waals surface area contributed by atoms with E-state index in [1.165, 1.54) is 6.20 Å². The van der Waals surface area contributed by atoms with E-state index >= 15 is 0 Å². The number of hydrogen-bond acceptors (Lipinski definition) is 6. The van der Waals surface area contributed by atoms with Gasteiger partial charge in [0.1, 0.15) is 6.07 Å². The topological polar surface area (TPSA) is 86.5 Å². The van der Waals surface area contributed by atoms with Crippen molar-refractivity contribution < 1.29 is 0 Å².